The number of methoxy groups -OCH3 is 2. The third kappa shape index (κ3) is 4.57. The number of benzene rings is 2. The maximum Gasteiger partial charge on any atom is 0.337 e. The van der Waals surface area contributed by atoms with Gasteiger partial charge in [-0.1, -0.05) is 30.3 Å². The number of rotatable bonds is 6. The van der Waals surface area contributed by atoms with Crippen molar-refractivity contribution in [3.05, 3.63) is 59.7 Å². The van der Waals surface area contributed by atoms with Crippen molar-refractivity contribution in [2.75, 3.05) is 14.2 Å². The number of aryl methyl sites for hydroxylation is 1. The molecule has 2 aromatic carbocycles. The normalized spacial score (nSPS) is 10.0. The lowest BCUT2D eigenvalue weighted by atomic mass is 10.1. The van der Waals surface area contributed by atoms with Crippen LogP contribution in [0.1, 0.15) is 22.3 Å². The summed E-state index contributed by atoms with van der Waals surface area (Å²) in [6.07, 6.45) is 0.855. The Hall–Kier alpha value is -2.82. The van der Waals surface area contributed by atoms with Crippen molar-refractivity contribution < 1.29 is 23.8 Å². The van der Waals surface area contributed by atoms with Gasteiger partial charge in [-0.2, -0.15) is 0 Å². The van der Waals surface area contributed by atoms with Gasteiger partial charge in [0.05, 0.1) is 19.8 Å². The van der Waals surface area contributed by atoms with Crippen LogP contribution in [0.15, 0.2) is 48.5 Å². The van der Waals surface area contributed by atoms with Crippen molar-refractivity contribution >= 4 is 11.9 Å². The van der Waals surface area contributed by atoms with E-state index in [1.165, 1.54) is 32.4 Å². The maximum atomic E-state index is 12.0. The highest BCUT2D eigenvalue weighted by atomic mass is 16.6. The van der Waals surface area contributed by atoms with Crippen molar-refractivity contribution in [1.29, 1.82) is 0 Å². The molecule has 0 radical (unpaired) electrons. The van der Waals surface area contributed by atoms with Gasteiger partial charge in [-0.25, -0.2) is 4.79 Å². The summed E-state index contributed by atoms with van der Waals surface area (Å²) in [5.74, 6) is -0.262. The molecule has 0 atom stereocenters. The monoisotopic (exact) mass is 314 g/mol. The molecule has 0 heterocycles. The summed E-state index contributed by atoms with van der Waals surface area (Å²) < 4.78 is 15.1. The lowest BCUT2D eigenvalue weighted by molar-refractivity contribution is -0.134. The Morgan fingerprint density at radius 3 is 2.35 bits per heavy atom. The molecule has 2 aromatic rings. The fraction of sp³-hybridized carbons (Fsp3) is 0.222. The van der Waals surface area contributed by atoms with Gasteiger partial charge in [0.2, 0.25) is 0 Å². The minimum Gasteiger partial charge on any atom is -0.493 e. The first-order chi connectivity index (χ1) is 11.1. The van der Waals surface area contributed by atoms with Gasteiger partial charge in [-0.05, 0) is 30.2 Å². The molecular formula is C18H18O5. The summed E-state index contributed by atoms with van der Waals surface area (Å²) in [7, 11) is 2.74. The minimum absolute atomic E-state index is 0.256. The standard InChI is InChI=1S/C18H18O5/c1-21-16-12-14(18(20)22-2)9-10-15(16)23-17(19)11-8-13-6-4-3-5-7-13/h3-7,9-10,12H,8,11H2,1-2H3. The Balaban J connectivity index is 2.01. The van der Waals surface area contributed by atoms with Crippen LogP contribution in [-0.4, -0.2) is 26.2 Å². The van der Waals surface area contributed by atoms with E-state index in [1.807, 2.05) is 30.3 Å². The van der Waals surface area contributed by atoms with Crippen LogP contribution in [-0.2, 0) is 16.0 Å². The molecule has 0 amide bonds. The van der Waals surface area contributed by atoms with Crippen LogP contribution in [0, 0.1) is 0 Å². The second-order valence-corrected chi connectivity index (χ2v) is 4.82. The molecule has 2 rings (SSSR count). The molecule has 0 aliphatic heterocycles. The van der Waals surface area contributed by atoms with Crippen molar-refractivity contribution in [3.8, 4) is 11.5 Å². The van der Waals surface area contributed by atoms with E-state index in [4.69, 9.17) is 9.47 Å². The van der Waals surface area contributed by atoms with E-state index in [0.29, 0.717) is 17.7 Å². The van der Waals surface area contributed by atoms with Crippen molar-refractivity contribution in [2.45, 2.75) is 12.8 Å². The number of hydrogen-bond acceptors (Lipinski definition) is 5. The molecule has 5 nitrogen and oxygen atoms in total. The van der Waals surface area contributed by atoms with E-state index in [1.54, 1.807) is 0 Å². The first-order valence-electron chi connectivity index (χ1n) is 7.15. The SMILES string of the molecule is COC(=O)c1ccc(OC(=O)CCc2ccccc2)c(OC)c1. The summed E-state index contributed by atoms with van der Waals surface area (Å²) in [4.78, 5) is 23.4. The molecule has 0 spiro atoms. The van der Waals surface area contributed by atoms with Gasteiger partial charge in [0, 0.05) is 6.42 Å². The Morgan fingerprint density at radius 2 is 1.70 bits per heavy atom. The van der Waals surface area contributed by atoms with Gasteiger partial charge >= 0.3 is 11.9 Å². The van der Waals surface area contributed by atoms with Crippen LogP contribution in [0.5, 0.6) is 11.5 Å². The van der Waals surface area contributed by atoms with Crippen molar-refractivity contribution in [1.82, 2.24) is 0 Å². The van der Waals surface area contributed by atoms with E-state index < -0.39 is 5.97 Å². The number of carbonyl (C=O) groups is 2. The molecule has 0 fully saturated rings. The Bertz CT molecular complexity index is 679. The van der Waals surface area contributed by atoms with Crippen LogP contribution in [0.2, 0.25) is 0 Å². The molecule has 0 aliphatic carbocycles. The molecule has 0 bridgehead atoms. The lowest BCUT2D eigenvalue weighted by Crippen LogP contribution is -2.10. The van der Waals surface area contributed by atoms with Gasteiger partial charge in [0.1, 0.15) is 0 Å². The molecule has 0 saturated carbocycles. The second kappa shape index (κ2) is 7.98. The zero-order valence-electron chi connectivity index (χ0n) is 13.1. The Morgan fingerprint density at radius 1 is 0.957 bits per heavy atom. The second-order valence-electron chi connectivity index (χ2n) is 4.82. The average molecular weight is 314 g/mol. The van der Waals surface area contributed by atoms with Gasteiger partial charge in [0.25, 0.3) is 0 Å². The zero-order valence-corrected chi connectivity index (χ0v) is 13.1. The first kappa shape index (κ1) is 16.5. The van der Waals surface area contributed by atoms with E-state index in [0.717, 1.165) is 5.56 Å². The van der Waals surface area contributed by atoms with Crippen LogP contribution in [0.25, 0.3) is 0 Å². The molecular weight excluding hydrogens is 296 g/mol. The molecule has 5 heteroatoms. The van der Waals surface area contributed by atoms with E-state index in [-0.39, 0.29) is 18.1 Å². The van der Waals surface area contributed by atoms with Crippen LogP contribution >= 0.6 is 0 Å². The van der Waals surface area contributed by atoms with E-state index in [2.05, 4.69) is 4.74 Å². The topological polar surface area (TPSA) is 61.8 Å². The van der Waals surface area contributed by atoms with E-state index >= 15 is 0 Å². The van der Waals surface area contributed by atoms with Gasteiger partial charge in [-0.3, -0.25) is 4.79 Å². The maximum absolute atomic E-state index is 12.0. The van der Waals surface area contributed by atoms with Gasteiger partial charge in [0.15, 0.2) is 11.5 Å². The third-order valence-corrected chi connectivity index (χ3v) is 3.27. The largest absolute Gasteiger partial charge is 0.493 e. The highest BCUT2D eigenvalue weighted by Crippen LogP contribution is 2.28. The van der Waals surface area contributed by atoms with Crippen LogP contribution < -0.4 is 9.47 Å². The summed E-state index contributed by atoms with van der Waals surface area (Å²) in [6, 6.07) is 14.2. The van der Waals surface area contributed by atoms with Crippen molar-refractivity contribution in [2.24, 2.45) is 0 Å². The number of carbonyl (C=O) groups excluding carboxylic acids is 2. The molecule has 0 saturated heterocycles. The highest BCUT2D eigenvalue weighted by molar-refractivity contribution is 5.90. The summed E-state index contributed by atoms with van der Waals surface area (Å²) in [6.45, 7) is 0. The Labute approximate surface area is 134 Å². The summed E-state index contributed by atoms with van der Waals surface area (Å²) >= 11 is 0. The minimum atomic E-state index is -0.481. The smallest absolute Gasteiger partial charge is 0.337 e. The molecule has 23 heavy (non-hydrogen) atoms. The van der Waals surface area contributed by atoms with Crippen molar-refractivity contribution in [3.63, 3.8) is 0 Å². The first-order valence-corrected chi connectivity index (χ1v) is 7.15. The predicted octanol–water partition coefficient (Wildman–Crippen LogP) is 3.02. The fourth-order valence-corrected chi connectivity index (χ4v) is 2.06. The lowest BCUT2D eigenvalue weighted by Gasteiger charge is -2.10. The van der Waals surface area contributed by atoms with Gasteiger partial charge < -0.3 is 14.2 Å². The van der Waals surface area contributed by atoms with E-state index in [9.17, 15) is 9.59 Å². The summed E-state index contributed by atoms with van der Waals surface area (Å²) in [5.41, 5.74) is 1.39. The number of esters is 2. The number of hydrogen-bond donors (Lipinski definition) is 0. The third-order valence-electron chi connectivity index (χ3n) is 3.27. The molecule has 0 unspecified atom stereocenters. The number of ether oxygens (including phenoxy) is 3. The Kier molecular flexibility index (Phi) is 5.74. The quantitative estimate of drug-likeness (QED) is 0.606. The van der Waals surface area contributed by atoms with Gasteiger partial charge in [-0.15, -0.1) is 0 Å². The van der Waals surface area contributed by atoms with Crippen LogP contribution in [0.4, 0.5) is 0 Å². The molecule has 120 valence electrons. The van der Waals surface area contributed by atoms with Crippen LogP contribution in [0.3, 0.4) is 0 Å². The fourth-order valence-electron chi connectivity index (χ4n) is 2.06. The summed E-state index contributed by atoms with van der Waals surface area (Å²) in [5, 5.41) is 0. The zero-order chi connectivity index (χ0) is 16.7. The highest BCUT2D eigenvalue weighted by Gasteiger charge is 2.14. The average Bonchev–Trinajstić information content (AvgIpc) is 2.60. The molecule has 0 N–H and O–H groups in total. The predicted molar refractivity (Wildman–Crippen MR) is 84.7 cm³/mol. The molecule has 0 aliphatic rings. The molecule has 0 aromatic heterocycles.